The molecule has 0 amide bonds. The number of halogens is 5. The van der Waals surface area contributed by atoms with E-state index in [-0.39, 0.29) is 5.69 Å². The second-order valence-electron chi connectivity index (χ2n) is 4.92. The SMILES string of the molecule is O=c1cc(C2CC2(F)F)[nH]n1-c1ccccc1C(F)(F)F. The third-order valence-corrected chi connectivity index (χ3v) is 3.39. The summed E-state index contributed by atoms with van der Waals surface area (Å²) in [6.07, 6.45) is -5.06. The predicted octanol–water partition coefficient (Wildman–Crippen LogP) is 3.31. The van der Waals surface area contributed by atoms with E-state index in [1.165, 1.54) is 12.1 Å². The Morgan fingerprint density at radius 3 is 2.43 bits per heavy atom. The lowest BCUT2D eigenvalue weighted by Crippen LogP contribution is -2.18. The third-order valence-electron chi connectivity index (χ3n) is 3.39. The van der Waals surface area contributed by atoms with Gasteiger partial charge < -0.3 is 0 Å². The van der Waals surface area contributed by atoms with E-state index in [0.717, 1.165) is 18.2 Å². The first-order valence-corrected chi connectivity index (χ1v) is 6.06. The highest BCUT2D eigenvalue weighted by atomic mass is 19.4. The molecular formula is C13H9F5N2O. The van der Waals surface area contributed by atoms with Crippen molar-refractivity contribution < 1.29 is 22.0 Å². The Morgan fingerprint density at radius 1 is 1.24 bits per heavy atom. The van der Waals surface area contributed by atoms with Crippen molar-refractivity contribution in [3.8, 4) is 5.69 Å². The number of hydrogen-bond acceptors (Lipinski definition) is 1. The molecule has 1 unspecified atom stereocenters. The van der Waals surface area contributed by atoms with Gasteiger partial charge in [-0.05, 0) is 12.1 Å². The van der Waals surface area contributed by atoms with Gasteiger partial charge in [-0.3, -0.25) is 9.89 Å². The van der Waals surface area contributed by atoms with E-state index in [4.69, 9.17) is 0 Å². The zero-order valence-electron chi connectivity index (χ0n) is 10.4. The molecule has 1 N–H and O–H groups in total. The molecule has 21 heavy (non-hydrogen) atoms. The molecule has 1 fully saturated rings. The zero-order chi connectivity index (χ0) is 15.4. The van der Waals surface area contributed by atoms with E-state index in [2.05, 4.69) is 5.10 Å². The molecule has 3 rings (SSSR count). The van der Waals surface area contributed by atoms with Crippen LogP contribution in [-0.2, 0) is 6.18 Å². The Hall–Kier alpha value is -2.12. The topological polar surface area (TPSA) is 37.8 Å². The maximum absolute atomic E-state index is 13.0. The Labute approximate surface area is 115 Å². The summed E-state index contributed by atoms with van der Waals surface area (Å²) in [7, 11) is 0. The van der Waals surface area contributed by atoms with Crippen molar-refractivity contribution in [1.29, 1.82) is 0 Å². The van der Waals surface area contributed by atoms with Crippen LogP contribution in [0.2, 0.25) is 0 Å². The average molecular weight is 304 g/mol. The van der Waals surface area contributed by atoms with Gasteiger partial charge >= 0.3 is 6.18 Å². The fraction of sp³-hybridized carbons (Fsp3) is 0.308. The van der Waals surface area contributed by atoms with E-state index in [9.17, 15) is 26.7 Å². The summed E-state index contributed by atoms with van der Waals surface area (Å²) in [5.74, 6) is -4.04. The molecule has 3 nitrogen and oxygen atoms in total. The van der Waals surface area contributed by atoms with Crippen LogP contribution >= 0.6 is 0 Å². The van der Waals surface area contributed by atoms with Crippen molar-refractivity contribution in [3.63, 3.8) is 0 Å². The Kier molecular flexibility index (Phi) is 2.76. The molecule has 1 aliphatic rings. The molecule has 1 aliphatic carbocycles. The number of alkyl halides is 5. The van der Waals surface area contributed by atoms with Gasteiger partial charge in [-0.25, -0.2) is 13.5 Å². The van der Waals surface area contributed by atoms with Crippen molar-refractivity contribution in [2.45, 2.75) is 24.4 Å². The van der Waals surface area contributed by atoms with Gasteiger partial charge in [0.2, 0.25) is 0 Å². The Bertz CT molecular complexity index is 744. The summed E-state index contributed by atoms with van der Waals surface area (Å²) in [6, 6.07) is 5.38. The molecule has 1 aromatic carbocycles. The van der Waals surface area contributed by atoms with Gasteiger partial charge in [-0.2, -0.15) is 13.2 Å². The maximum Gasteiger partial charge on any atom is 0.418 e. The number of H-pyrrole nitrogens is 1. The fourth-order valence-corrected chi connectivity index (χ4v) is 2.23. The van der Waals surface area contributed by atoms with Crippen LogP contribution < -0.4 is 5.56 Å². The number of nitrogens with zero attached hydrogens (tertiary/aromatic N) is 1. The molecule has 0 spiro atoms. The predicted molar refractivity (Wildman–Crippen MR) is 63.7 cm³/mol. The van der Waals surface area contributed by atoms with Crippen molar-refractivity contribution in [2.75, 3.05) is 0 Å². The monoisotopic (exact) mass is 304 g/mol. The molecule has 1 saturated carbocycles. The molecule has 1 aromatic heterocycles. The lowest BCUT2D eigenvalue weighted by molar-refractivity contribution is -0.137. The number of benzene rings is 1. The summed E-state index contributed by atoms with van der Waals surface area (Å²) >= 11 is 0. The number of para-hydroxylation sites is 1. The zero-order valence-corrected chi connectivity index (χ0v) is 10.4. The minimum absolute atomic E-state index is 0.0537. The Balaban J connectivity index is 2.09. The second-order valence-corrected chi connectivity index (χ2v) is 4.92. The molecule has 1 heterocycles. The largest absolute Gasteiger partial charge is 0.418 e. The van der Waals surface area contributed by atoms with Crippen molar-refractivity contribution in [3.05, 3.63) is 51.9 Å². The van der Waals surface area contributed by atoms with Crippen LogP contribution in [0.15, 0.2) is 35.1 Å². The molecule has 0 saturated heterocycles. The van der Waals surface area contributed by atoms with E-state index in [0.29, 0.717) is 4.68 Å². The quantitative estimate of drug-likeness (QED) is 0.849. The summed E-state index contributed by atoms with van der Waals surface area (Å²) in [5.41, 5.74) is -2.28. The highest BCUT2D eigenvalue weighted by Gasteiger charge is 2.58. The van der Waals surface area contributed by atoms with Crippen LogP contribution in [0.5, 0.6) is 0 Å². The molecule has 2 aromatic rings. The molecule has 112 valence electrons. The first-order valence-electron chi connectivity index (χ1n) is 6.06. The van der Waals surface area contributed by atoms with E-state index >= 15 is 0 Å². The van der Waals surface area contributed by atoms with Crippen molar-refractivity contribution in [2.24, 2.45) is 0 Å². The maximum atomic E-state index is 13.0. The van der Waals surface area contributed by atoms with Crippen LogP contribution in [0.3, 0.4) is 0 Å². The summed E-state index contributed by atoms with van der Waals surface area (Å²) in [4.78, 5) is 11.8. The van der Waals surface area contributed by atoms with E-state index < -0.39 is 41.2 Å². The molecule has 1 atom stereocenters. The standard InChI is InChI=1S/C13H9F5N2O/c14-12(15)6-8(12)9-5-11(21)20(19-9)10-4-2-1-3-7(10)13(16,17)18/h1-5,8,19H,6H2. The number of hydrogen-bond donors (Lipinski definition) is 1. The van der Waals surface area contributed by atoms with Crippen molar-refractivity contribution in [1.82, 2.24) is 9.78 Å². The summed E-state index contributed by atoms with van der Waals surface area (Å²) in [6.45, 7) is 0. The molecule has 0 radical (unpaired) electrons. The highest BCUT2D eigenvalue weighted by molar-refractivity contribution is 5.42. The van der Waals surface area contributed by atoms with Crippen LogP contribution in [-0.4, -0.2) is 15.7 Å². The van der Waals surface area contributed by atoms with Crippen LogP contribution in [0.4, 0.5) is 22.0 Å². The van der Waals surface area contributed by atoms with Gasteiger partial charge in [-0.15, -0.1) is 0 Å². The van der Waals surface area contributed by atoms with Crippen LogP contribution in [0, 0.1) is 0 Å². The van der Waals surface area contributed by atoms with E-state index in [1.54, 1.807) is 0 Å². The molecular weight excluding hydrogens is 295 g/mol. The van der Waals surface area contributed by atoms with Gasteiger partial charge in [0.15, 0.2) is 0 Å². The highest BCUT2D eigenvalue weighted by Crippen LogP contribution is 2.54. The lowest BCUT2D eigenvalue weighted by Gasteiger charge is -2.12. The first kappa shape index (κ1) is 13.8. The smallest absolute Gasteiger partial charge is 0.295 e. The fourth-order valence-electron chi connectivity index (χ4n) is 2.23. The average Bonchev–Trinajstić information content (AvgIpc) is 2.85. The molecule has 0 bridgehead atoms. The third kappa shape index (κ3) is 2.34. The van der Waals surface area contributed by atoms with Gasteiger partial charge in [0.05, 0.1) is 17.2 Å². The van der Waals surface area contributed by atoms with Crippen molar-refractivity contribution >= 4 is 0 Å². The summed E-state index contributed by atoms with van der Waals surface area (Å²) in [5, 5.41) is 2.35. The van der Waals surface area contributed by atoms with Gasteiger partial charge in [-0.1, -0.05) is 12.1 Å². The molecule has 0 aliphatic heterocycles. The minimum Gasteiger partial charge on any atom is -0.295 e. The number of nitrogens with one attached hydrogen (secondary N) is 1. The van der Waals surface area contributed by atoms with Crippen LogP contribution in [0.1, 0.15) is 23.6 Å². The van der Waals surface area contributed by atoms with Gasteiger partial charge in [0, 0.05) is 18.2 Å². The minimum atomic E-state index is -4.65. The van der Waals surface area contributed by atoms with E-state index in [1.807, 2.05) is 0 Å². The normalized spacial score (nSPS) is 20.5. The Morgan fingerprint density at radius 2 is 1.86 bits per heavy atom. The lowest BCUT2D eigenvalue weighted by atomic mass is 10.2. The first-order chi connectivity index (χ1) is 9.70. The number of aromatic nitrogens is 2. The van der Waals surface area contributed by atoms with Gasteiger partial charge in [0.25, 0.3) is 11.5 Å². The molecule has 8 heteroatoms. The van der Waals surface area contributed by atoms with Crippen LogP contribution in [0.25, 0.3) is 5.69 Å². The summed E-state index contributed by atoms with van der Waals surface area (Å²) < 4.78 is 65.4. The number of aromatic amines is 1. The number of rotatable bonds is 2. The van der Waals surface area contributed by atoms with Gasteiger partial charge in [0.1, 0.15) is 0 Å². The second kappa shape index (κ2) is 4.19.